The normalized spacial score (nSPS) is 10.8. The number of fused-ring (bicyclic) bond motifs is 6. The van der Waals surface area contributed by atoms with Gasteiger partial charge in [-0.2, -0.15) is 21.0 Å². The summed E-state index contributed by atoms with van der Waals surface area (Å²) < 4.78 is 4.32. The molecule has 0 spiro atoms. The molecule has 8 nitrogen and oxygen atoms in total. The number of para-hydroxylation sites is 2. The Bertz CT molecular complexity index is 3620. The van der Waals surface area contributed by atoms with Gasteiger partial charge in [-0.05, 0) is 88.5 Å². The van der Waals surface area contributed by atoms with Crippen LogP contribution in [0.15, 0.2) is 158 Å². The molecule has 0 unspecified atom stereocenters. The number of rotatable bonds is 5. The summed E-state index contributed by atoms with van der Waals surface area (Å²) in [5, 5.41) is 44.7. The van der Waals surface area contributed by atoms with Crippen molar-refractivity contribution in [2.75, 3.05) is 0 Å². The lowest BCUT2D eigenvalue weighted by molar-refractivity contribution is 1.13. The van der Waals surface area contributed by atoms with E-state index in [9.17, 15) is 21.0 Å². The van der Waals surface area contributed by atoms with Gasteiger partial charge in [0, 0.05) is 27.1 Å². The maximum absolute atomic E-state index is 10.9. The van der Waals surface area contributed by atoms with Gasteiger partial charge < -0.3 is 9.13 Å². The van der Waals surface area contributed by atoms with E-state index >= 15 is 0 Å². The Morgan fingerprint density at radius 2 is 0.968 bits per heavy atom. The zero-order valence-corrected chi connectivity index (χ0v) is 32.6. The van der Waals surface area contributed by atoms with Gasteiger partial charge in [0.25, 0.3) is 0 Å². The van der Waals surface area contributed by atoms with Gasteiger partial charge in [0.05, 0.1) is 93.1 Å². The molecule has 0 atom stereocenters. The van der Waals surface area contributed by atoms with E-state index in [4.69, 9.17) is 13.1 Å². The van der Waals surface area contributed by atoms with Gasteiger partial charge in [0.15, 0.2) is 11.4 Å². The first-order valence-electron chi connectivity index (χ1n) is 19.5. The van der Waals surface area contributed by atoms with Crippen LogP contribution >= 0.6 is 0 Å². The number of aromatic nitrogens is 2. The second-order valence-corrected chi connectivity index (χ2v) is 14.8. The molecular weight excluding hydrogens is 761 g/mol. The maximum Gasteiger partial charge on any atom is 0.184 e. The van der Waals surface area contributed by atoms with E-state index in [1.54, 1.807) is 36.4 Å². The average Bonchev–Trinajstić information content (AvgIpc) is 3.85. The van der Waals surface area contributed by atoms with Crippen molar-refractivity contribution in [2.45, 2.75) is 0 Å². The van der Waals surface area contributed by atoms with Gasteiger partial charge in [-0.15, -0.1) is 0 Å². The molecule has 0 aliphatic rings. The Morgan fingerprint density at radius 1 is 0.403 bits per heavy atom. The Labute approximate surface area is 355 Å². The van der Waals surface area contributed by atoms with Crippen LogP contribution in [-0.4, -0.2) is 9.13 Å². The van der Waals surface area contributed by atoms with E-state index in [1.807, 2.05) is 91.0 Å². The first-order chi connectivity index (χ1) is 30.5. The smallest absolute Gasteiger partial charge is 0.184 e. The minimum absolute atomic E-state index is 0.372. The van der Waals surface area contributed by atoms with Gasteiger partial charge >= 0.3 is 0 Å². The van der Waals surface area contributed by atoms with E-state index in [2.05, 4.69) is 73.4 Å². The second kappa shape index (κ2) is 14.6. The quantitative estimate of drug-likeness (QED) is 0.162. The predicted octanol–water partition coefficient (Wildman–Crippen LogP) is 13.5. The highest BCUT2D eigenvalue weighted by atomic mass is 15.0. The van der Waals surface area contributed by atoms with Gasteiger partial charge in [-0.3, -0.25) is 0 Å². The molecule has 0 saturated carbocycles. The molecule has 62 heavy (non-hydrogen) atoms. The lowest BCUT2D eigenvalue weighted by Crippen LogP contribution is -2.05. The van der Waals surface area contributed by atoms with Gasteiger partial charge in [-0.1, -0.05) is 97.1 Å². The zero-order valence-electron chi connectivity index (χ0n) is 32.6. The Morgan fingerprint density at radius 3 is 1.55 bits per heavy atom. The highest BCUT2D eigenvalue weighted by Gasteiger charge is 2.24. The Hall–Kier alpha value is -9.70. The molecule has 8 heteroatoms. The van der Waals surface area contributed by atoms with Crippen LogP contribution in [0.3, 0.4) is 0 Å². The molecule has 2 aromatic heterocycles. The first-order valence-corrected chi connectivity index (χ1v) is 19.5. The molecule has 0 fully saturated rings. The molecule has 0 amide bonds. The SMILES string of the molecule is [C-]#[N+]c1ccc(-c2ccc3c4ccccc4n(-c4cc(C#N)cc(-n5c6ccccc6c6ccc(-c7ccc(C#N)cc7C#N)cc65)c4-c4cccc(C#N)c4)c3c2)c([N+]#[C-])c1. The van der Waals surface area contributed by atoms with E-state index in [0.717, 1.165) is 65.9 Å². The molecule has 10 aromatic rings. The number of nitrogens with zero attached hydrogens (tertiary/aromatic N) is 8. The lowest BCUT2D eigenvalue weighted by atomic mass is 9.96. The molecule has 0 aliphatic carbocycles. The molecule has 0 aliphatic heterocycles. The fourth-order valence-electron chi connectivity index (χ4n) is 8.75. The molecule has 0 bridgehead atoms. The summed E-state index contributed by atoms with van der Waals surface area (Å²) in [6.45, 7) is 15.5. The third-order valence-corrected chi connectivity index (χ3v) is 11.5. The highest BCUT2D eigenvalue weighted by Crippen LogP contribution is 2.45. The van der Waals surface area contributed by atoms with Crippen LogP contribution in [0.4, 0.5) is 11.4 Å². The third kappa shape index (κ3) is 5.71. The molecule has 0 radical (unpaired) electrons. The van der Waals surface area contributed by atoms with Crippen molar-refractivity contribution < 1.29 is 0 Å². The van der Waals surface area contributed by atoms with Crippen LogP contribution < -0.4 is 0 Å². The number of hydrogen-bond acceptors (Lipinski definition) is 4. The van der Waals surface area contributed by atoms with Crippen molar-refractivity contribution >= 4 is 55.0 Å². The monoisotopic (exact) mass is 786 g/mol. The zero-order chi connectivity index (χ0) is 42.5. The van der Waals surface area contributed by atoms with Gasteiger partial charge in [-0.25, -0.2) is 9.69 Å². The number of benzene rings is 8. The summed E-state index contributed by atoms with van der Waals surface area (Å²) in [6, 6.07) is 59.1. The van der Waals surface area contributed by atoms with Crippen LogP contribution in [-0.2, 0) is 0 Å². The van der Waals surface area contributed by atoms with E-state index < -0.39 is 0 Å². The summed E-state index contributed by atoms with van der Waals surface area (Å²) in [4.78, 5) is 7.34. The Balaban J connectivity index is 1.35. The minimum atomic E-state index is 0.372. The Kier molecular flexibility index (Phi) is 8.62. The summed E-state index contributed by atoms with van der Waals surface area (Å²) in [5.74, 6) is 0. The largest absolute Gasteiger partial charge is 0.308 e. The van der Waals surface area contributed by atoms with E-state index in [0.29, 0.717) is 56.1 Å². The highest BCUT2D eigenvalue weighted by molar-refractivity contribution is 6.13. The van der Waals surface area contributed by atoms with Crippen LogP contribution in [0.2, 0.25) is 0 Å². The predicted molar refractivity (Wildman–Crippen MR) is 243 cm³/mol. The average molecular weight is 787 g/mol. The standard InChI is InChI=1S/C54H26N8/c1-59-40-17-21-42(47(28-40)60-2)37-16-20-46-44-11-4-6-13-49(44)62(51(46)27-37)53-25-35(31-57)24-52(54(53)38-9-7-8-33(22-38)29-55)61-48-12-5-3-10-43(48)45-19-15-36(26-50(45)61)41-18-14-34(30-56)23-39(41)32-58/h3-28H. The van der Waals surface area contributed by atoms with E-state index in [1.165, 1.54) is 0 Å². The lowest BCUT2D eigenvalue weighted by Gasteiger charge is -2.21. The second-order valence-electron chi connectivity index (χ2n) is 14.8. The van der Waals surface area contributed by atoms with Crippen LogP contribution in [0.5, 0.6) is 0 Å². The molecule has 0 saturated heterocycles. The van der Waals surface area contributed by atoms with Crippen LogP contribution in [0.1, 0.15) is 22.3 Å². The number of hydrogen-bond donors (Lipinski definition) is 0. The molecule has 8 aromatic carbocycles. The topological polar surface area (TPSA) is 114 Å². The van der Waals surface area contributed by atoms with Crippen molar-refractivity contribution in [3.8, 4) is 69.0 Å². The van der Waals surface area contributed by atoms with Crippen LogP contribution in [0.25, 0.3) is 98.1 Å². The van der Waals surface area contributed by atoms with Crippen molar-refractivity contribution in [1.29, 1.82) is 21.0 Å². The van der Waals surface area contributed by atoms with Crippen molar-refractivity contribution in [3.63, 3.8) is 0 Å². The van der Waals surface area contributed by atoms with E-state index in [-0.39, 0.29) is 0 Å². The summed E-state index contributed by atoms with van der Waals surface area (Å²) in [5.41, 5.74) is 11.7. The van der Waals surface area contributed by atoms with Crippen LogP contribution in [0, 0.1) is 58.5 Å². The molecular formula is C54H26N8. The van der Waals surface area contributed by atoms with Crippen molar-refractivity contribution in [3.05, 3.63) is 203 Å². The molecule has 10 rings (SSSR count). The molecule has 282 valence electrons. The minimum Gasteiger partial charge on any atom is -0.308 e. The molecule has 2 heterocycles. The summed E-state index contributed by atoms with van der Waals surface area (Å²) >= 11 is 0. The van der Waals surface area contributed by atoms with Crippen molar-refractivity contribution in [2.24, 2.45) is 0 Å². The number of nitriles is 4. The van der Waals surface area contributed by atoms with Gasteiger partial charge in [0.1, 0.15) is 0 Å². The molecule has 0 N–H and O–H groups in total. The maximum atomic E-state index is 10.9. The third-order valence-electron chi connectivity index (χ3n) is 11.5. The fourth-order valence-corrected chi connectivity index (χ4v) is 8.75. The van der Waals surface area contributed by atoms with Crippen molar-refractivity contribution in [1.82, 2.24) is 9.13 Å². The first kappa shape index (κ1) is 36.6. The van der Waals surface area contributed by atoms with Gasteiger partial charge in [0.2, 0.25) is 0 Å². The summed E-state index contributed by atoms with van der Waals surface area (Å²) in [6.07, 6.45) is 0. The summed E-state index contributed by atoms with van der Waals surface area (Å²) in [7, 11) is 0. The fraction of sp³-hybridized carbons (Fsp3) is 0.